The molecule has 0 fully saturated rings. The number of hydrogen-bond acceptors (Lipinski definition) is 5. The Morgan fingerprint density at radius 3 is 1.00 bits per heavy atom. The van der Waals surface area contributed by atoms with Crippen molar-refractivity contribution in [3.8, 4) is 0 Å². The molecular formula is C55H109NO5. The summed E-state index contributed by atoms with van der Waals surface area (Å²) in [6, 6.07) is -0.554. The van der Waals surface area contributed by atoms with Crippen molar-refractivity contribution in [1.82, 2.24) is 5.32 Å². The van der Waals surface area contributed by atoms with Gasteiger partial charge in [-0.05, 0) is 25.7 Å². The number of amides is 1. The Labute approximate surface area is 381 Å². The summed E-state index contributed by atoms with van der Waals surface area (Å²) in [6.45, 7) is 4.93. The summed E-state index contributed by atoms with van der Waals surface area (Å²) < 4.78 is 5.45. The molecular weight excluding hydrogens is 755 g/mol. The second kappa shape index (κ2) is 51.5. The molecule has 2 unspecified atom stereocenters. The first-order valence-electron chi connectivity index (χ1n) is 27.8. The van der Waals surface area contributed by atoms with E-state index in [4.69, 9.17) is 4.74 Å². The van der Waals surface area contributed by atoms with Crippen LogP contribution in [0.5, 0.6) is 0 Å². The van der Waals surface area contributed by atoms with Gasteiger partial charge in [0.05, 0.1) is 25.4 Å². The van der Waals surface area contributed by atoms with E-state index in [0.29, 0.717) is 25.9 Å². The van der Waals surface area contributed by atoms with Crippen LogP contribution in [0, 0.1) is 0 Å². The topological polar surface area (TPSA) is 95.9 Å². The number of ether oxygens (including phenoxy) is 1. The average molecular weight is 864 g/mol. The van der Waals surface area contributed by atoms with Gasteiger partial charge in [-0.1, -0.05) is 277 Å². The van der Waals surface area contributed by atoms with Gasteiger partial charge in [-0.2, -0.15) is 0 Å². The molecule has 6 heteroatoms. The van der Waals surface area contributed by atoms with Crippen molar-refractivity contribution in [2.45, 2.75) is 328 Å². The van der Waals surface area contributed by atoms with Gasteiger partial charge >= 0.3 is 5.97 Å². The van der Waals surface area contributed by atoms with Gasteiger partial charge in [-0.3, -0.25) is 9.59 Å². The molecule has 0 spiro atoms. The molecule has 0 saturated heterocycles. The fraction of sp³-hybridized carbons (Fsp3) is 0.964. The van der Waals surface area contributed by atoms with Crippen molar-refractivity contribution in [3.63, 3.8) is 0 Å². The summed E-state index contributed by atoms with van der Waals surface area (Å²) >= 11 is 0. The van der Waals surface area contributed by atoms with Crippen LogP contribution >= 0.6 is 0 Å². The minimum atomic E-state index is -0.675. The zero-order valence-corrected chi connectivity index (χ0v) is 41.4. The highest BCUT2D eigenvalue weighted by atomic mass is 16.5. The van der Waals surface area contributed by atoms with Crippen LogP contribution in [0.2, 0.25) is 0 Å². The van der Waals surface area contributed by atoms with Gasteiger partial charge in [-0.25, -0.2) is 0 Å². The van der Waals surface area contributed by atoms with Gasteiger partial charge in [0.15, 0.2) is 0 Å². The molecule has 0 radical (unpaired) electrons. The molecule has 6 nitrogen and oxygen atoms in total. The smallest absolute Gasteiger partial charge is 0.305 e. The Morgan fingerprint density at radius 1 is 0.393 bits per heavy atom. The van der Waals surface area contributed by atoms with Crippen LogP contribution in [0.4, 0.5) is 0 Å². The molecule has 364 valence electrons. The van der Waals surface area contributed by atoms with Gasteiger partial charge in [0.1, 0.15) is 0 Å². The van der Waals surface area contributed by atoms with E-state index in [9.17, 15) is 19.8 Å². The fourth-order valence-corrected chi connectivity index (χ4v) is 8.88. The van der Waals surface area contributed by atoms with Crippen molar-refractivity contribution >= 4 is 11.9 Å². The van der Waals surface area contributed by atoms with Crippen LogP contribution in [0.1, 0.15) is 316 Å². The molecule has 61 heavy (non-hydrogen) atoms. The predicted octanol–water partition coefficient (Wildman–Crippen LogP) is 16.7. The van der Waals surface area contributed by atoms with Crippen LogP contribution < -0.4 is 5.32 Å². The highest BCUT2D eigenvalue weighted by molar-refractivity contribution is 5.76. The monoisotopic (exact) mass is 864 g/mol. The van der Waals surface area contributed by atoms with Gasteiger partial charge < -0.3 is 20.3 Å². The molecule has 1 amide bonds. The first-order valence-corrected chi connectivity index (χ1v) is 27.8. The van der Waals surface area contributed by atoms with E-state index in [1.807, 2.05) is 0 Å². The number of esters is 1. The fourth-order valence-electron chi connectivity index (χ4n) is 8.88. The van der Waals surface area contributed by atoms with Gasteiger partial charge in [0.2, 0.25) is 5.91 Å². The van der Waals surface area contributed by atoms with E-state index in [1.165, 1.54) is 225 Å². The third-order valence-electron chi connectivity index (χ3n) is 13.2. The number of aliphatic hydroxyl groups excluding tert-OH is 2. The zero-order valence-electron chi connectivity index (χ0n) is 41.4. The maximum absolute atomic E-state index is 12.5. The molecule has 0 heterocycles. The van der Waals surface area contributed by atoms with E-state index in [1.54, 1.807) is 0 Å². The van der Waals surface area contributed by atoms with Crippen molar-refractivity contribution in [2.24, 2.45) is 0 Å². The number of rotatable bonds is 52. The normalized spacial score (nSPS) is 12.5. The van der Waals surface area contributed by atoms with Crippen LogP contribution in [-0.4, -0.2) is 47.4 Å². The Hall–Kier alpha value is -1.14. The van der Waals surface area contributed by atoms with Crippen molar-refractivity contribution in [2.75, 3.05) is 13.2 Å². The summed E-state index contributed by atoms with van der Waals surface area (Å²) in [4.78, 5) is 24.5. The van der Waals surface area contributed by atoms with E-state index >= 15 is 0 Å². The summed E-state index contributed by atoms with van der Waals surface area (Å²) in [5, 5.41) is 23.3. The van der Waals surface area contributed by atoms with E-state index in [0.717, 1.165) is 57.8 Å². The molecule has 0 aliphatic carbocycles. The van der Waals surface area contributed by atoms with Gasteiger partial charge in [-0.15, -0.1) is 0 Å². The second-order valence-electron chi connectivity index (χ2n) is 19.3. The SMILES string of the molecule is CCCCCCCCCCCCCCCCCCCCCCCC(O)C(CO)NC(=O)CCCCCCCCCCCCCOC(=O)CCCCCCCCCCCCCC. The molecule has 2 atom stereocenters. The number of aliphatic hydroxyl groups is 2. The number of carbonyl (C=O) groups is 2. The molecule has 0 aliphatic heterocycles. The lowest BCUT2D eigenvalue weighted by Crippen LogP contribution is -2.45. The largest absolute Gasteiger partial charge is 0.466 e. The van der Waals surface area contributed by atoms with E-state index in [2.05, 4.69) is 19.2 Å². The first-order chi connectivity index (χ1) is 30.0. The molecule has 0 aromatic heterocycles. The summed E-state index contributed by atoms with van der Waals surface area (Å²) in [5.41, 5.74) is 0. The molecule has 0 bridgehead atoms. The summed E-state index contributed by atoms with van der Waals surface area (Å²) in [5.74, 6) is -0.0614. The lowest BCUT2D eigenvalue weighted by Gasteiger charge is -2.22. The first kappa shape index (κ1) is 59.9. The average Bonchev–Trinajstić information content (AvgIpc) is 3.26. The zero-order chi connectivity index (χ0) is 44.4. The Morgan fingerprint density at radius 2 is 0.672 bits per heavy atom. The maximum Gasteiger partial charge on any atom is 0.305 e. The minimum absolute atomic E-state index is 0.0117. The number of nitrogens with one attached hydrogen (secondary N) is 1. The highest BCUT2D eigenvalue weighted by Gasteiger charge is 2.20. The standard InChI is InChI=1S/C55H109NO5/c1-3-5-7-9-11-13-15-17-18-19-20-21-22-23-24-25-27-31-35-39-43-47-53(58)52(51-57)56-54(59)48-44-40-36-32-28-26-30-34-38-42-46-50-61-55(60)49-45-41-37-33-29-16-14-12-10-8-6-4-2/h52-53,57-58H,3-51H2,1-2H3,(H,56,59). The number of unbranched alkanes of at least 4 members (excludes halogenated alkanes) is 41. The summed E-state index contributed by atoms with van der Waals surface area (Å²) in [7, 11) is 0. The molecule has 0 rings (SSSR count). The predicted molar refractivity (Wildman–Crippen MR) is 264 cm³/mol. The third-order valence-corrected chi connectivity index (χ3v) is 13.2. The van der Waals surface area contributed by atoms with Crippen LogP contribution in [0.25, 0.3) is 0 Å². The van der Waals surface area contributed by atoms with Gasteiger partial charge in [0.25, 0.3) is 0 Å². The van der Waals surface area contributed by atoms with E-state index < -0.39 is 12.1 Å². The van der Waals surface area contributed by atoms with Crippen molar-refractivity contribution < 1.29 is 24.5 Å². The highest BCUT2D eigenvalue weighted by Crippen LogP contribution is 2.18. The van der Waals surface area contributed by atoms with Gasteiger partial charge in [0, 0.05) is 12.8 Å². The number of carbonyl (C=O) groups excluding carboxylic acids is 2. The van der Waals surface area contributed by atoms with Crippen molar-refractivity contribution in [3.05, 3.63) is 0 Å². The quantitative estimate of drug-likeness (QED) is 0.0418. The lowest BCUT2D eigenvalue weighted by molar-refractivity contribution is -0.143. The number of hydrogen-bond donors (Lipinski definition) is 3. The third kappa shape index (κ3) is 48.2. The van der Waals surface area contributed by atoms with Crippen LogP contribution in [-0.2, 0) is 14.3 Å². The molecule has 0 aromatic carbocycles. The van der Waals surface area contributed by atoms with Crippen LogP contribution in [0.15, 0.2) is 0 Å². The maximum atomic E-state index is 12.5. The minimum Gasteiger partial charge on any atom is -0.466 e. The molecule has 0 saturated carbocycles. The lowest BCUT2D eigenvalue weighted by atomic mass is 10.0. The Balaban J connectivity index is 3.45. The Kier molecular flexibility index (Phi) is 50.5. The molecule has 0 aromatic rings. The van der Waals surface area contributed by atoms with E-state index in [-0.39, 0.29) is 18.5 Å². The second-order valence-corrected chi connectivity index (χ2v) is 19.3. The Bertz CT molecular complexity index is 867. The molecule has 3 N–H and O–H groups in total. The summed E-state index contributed by atoms with van der Waals surface area (Å²) in [6.07, 6.45) is 57.9. The van der Waals surface area contributed by atoms with Crippen molar-refractivity contribution in [1.29, 1.82) is 0 Å². The van der Waals surface area contributed by atoms with Crippen LogP contribution in [0.3, 0.4) is 0 Å². The molecule has 0 aliphatic rings.